The topological polar surface area (TPSA) is 71.2 Å². The van der Waals surface area contributed by atoms with Gasteiger partial charge in [-0.1, -0.05) is 38.5 Å². The third-order valence-corrected chi connectivity index (χ3v) is 4.53. The van der Waals surface area contributed by atoms with Crippen LogP contribution >= 0.6 is 11.3 Å². The molecule has 0 bridgehead atoms. The van der Waals surface area contributed by atoms with Gasteiger partial charge in [0.05, 0.1) is 0 Å². The number of unbranched alkanes of at least 4 members (excludes halogenated alkanes) is 1. The summed E-state index contributed by atoms with van der Waals surface area (Å²) in [6.07, 6.45) is 4.37. The lowest BCUT2D eigenvalue weighted by molar-refractivity contribution is 0.0746. The number of anilines is 2. The Morgan fingerprint density at radius 2 is 2.24 bits per heavy atom. The highest BCUT2D eigenvalue weighted by Gasteiger charge is 2.34. The summed E-state index contributed by atoms with van der Waals surface area (Å²) in [6.45, 7) is 8.07. The van der Waals surface area contributed by atoms with Crippen LogP contribution in [0.1, 0.15) is 56.1 Å². The molecular weight excluding hydrogens is 284 g/mol. The lowest BCUT2D eigenvalue weighted by atomic mass is 10.2. The Morgan fingerprint density at radius 3 is 2.81 bits per heavy atom. The van der Waals surface area contributed by atoms with Gasteiger partial charge in [0.15, 0.2) is 5.13 Å². The van der Waals surface area contributed by atoms with E-state index in [4.69, 9.17) is 5.73 Å². The van der Waals surface area contributed by atoms with Crippen molar-refractivity contribution in [2.75, 3.05) is 24.1 Å². The first-order chi connectivity index (χ1) is 10.0. The van der Waals surface area contributed by atoms with Crippen LogP contribution in [0.4, 0.5) is 10.9 Å². The molecule has 0 unspecified atom stereocenters. The van der Waals surface area contributed by atoms with Gasteiger partial charge in [0.25, 0.3) is 5.91 Å². The highest BCUT2D eigenvalue weighted by atomic mass is 32.1. The molecule has 0 aromatic carbocycles. The van der Waals surface area contributed by atoms with Gasteiger partial charge >= 0.3 is 0 Å². The van der Waals surface area contributed by atoms with Crippen LogP contribution in [0.25, 0.3) is 0 Å². The van der Waals surface area contributed by atoms with E-state index in [9.17, 15) is 4.79 Å². The Labute approximate surface area is 130 Å². The zero-order valence-electron chi connectivity index (χ0n) is 13.2. The number of nitrogen functional groups attached to an aromatic ring is 1. The second kappa shape index (κ2) is 7.11. The van der Waals surface area contributed by atoms with E-state index in [1.165, 1.54) is 11.3 Å². The van der Waals surface area contributed by atoms with E-state index in [1.807, 2.05) is 4.90 Å². The van der Waals surface area contributed by atoms with Crippen LogP contribution in [0.2, 0.25) is 0 Å². The first kappa shape index (κ1) is 16.1. The molecule has 0 aliphatic heterocycles. The van der Waals surface area contributed by atoms with E-state index in [1.54, 1.807) is 0 Å². The number of rotatable bonds is 8. The monoisotopic (exact) mass is 310 g/mol. The van der Waals surface area contributed by atoms with Gasteiger partial charge in [0, 0.05) is 19.1 Å². The summed E-state index contributed by atoms with van der Waals surface area (Å²) in [5.74, 6) is 0.943. The summed E-state index contributed by atoms with van der Waals surface area (Å²) in [4.78, 5) is 19.5. The summed E-state index contributed by atoms with van der Waals surface area (Å²) in [7, 11) is 0. The molecule has 0 spiro atoms. The molecule has 118 valence electrons. The molecule has 1 amide bonds. The maximum atomic E-state index is 12.7. The fourth-order valence-corrected chi connectivity index (χ4v) is 2.99. The van der Waals surface area contributed by atoms with Crippen molar-refractivity contribution >= 4 is 28.2 Å². The number of hydrogen-bond donors (Lipinski definition) is 2. The smallest absolute Gasteiger partial charge is 0.268 e. The molecule has 2 rings (SSSR count). The lowest BCUT2D eigenvalue weighted by Crippen LogP contribution is -2.33. The number of hydrogen-bond acceptors (Lipinski definition) is 5. The second-order valence-electron chi connectivity index (χ2n) is 6.09. The molecule has 1 aliphatic carbocycles. The van der Waals surface area contributed by atoms with Gasteiger partial charge in [0.2, 0.25) is 0 Å². The van der Waals surface area contributed by atoms with Crippen molar-refractivity contribution in [3.05, 3.63) is 4.88 Å². The Balaban J connectivity index is 2.06. The average Bonchev–Trinajstić information content (AvgIpc) is 3.20. The SMILES string of the molecule is CCCCN(C(=O)c1sc(NCC(C)C)nc1N)C1CC1. The van der Waals surface area contributed by atoms with Crippen molar-refractivity contribution in [1.29, 1.82) is 0 Å². The third kappa shape index (κ3) is 4.33. The summed E-state index contributed by atoms with van der Waals surface area (Å²) in [6, 6.07) is 0.414. The molecule has 0 atom stereocenters. The van der Waals surface area contributed by atoms with Crippen LogP contribution in [0.3, 0.4) is 0 Å². The van der Waals surface area contributed by atoms with Crippen LogP contribution < -0.4 is 11.1 Å². The minimum absolute atomic E-state index is 0.0542. The summed E-state index contributed by atoms with van der Waals surface area (Å²) in [5, 5.41) is 3.99. The third-order valence-electron chi connectivity index (χ3n) is 3.51. The lowest BCUT2D eigenvalue weighted by Gasteiger charge is -2.21. The van der Waals surface area contributed by atoms with Crippen molar-refractivity contribution < 1.29 is 4.79 Å². The van der Waals surface area contributed by atoms with Gasteiger partial charge in [-0.2, -0.15) is 0 Å². The Morgan fingerprint density at radius 1 is 1.52 bits per heavy atom. The number of nitrogens with two attached hydrogens (primary N) is 1. The maximum Gasteiger partial charge on any atom is 0.268 e. The number of nitrogens with one attached hydrogen (secondary N) is 1. The number of carbonyl (C=O) groups is 1. The summed E-state index contributed by atoms with van der Waals surface area (Å²) < 4.78 is 0. The van der Waals surface area contributed by atoms with Crippen LogP contribution in [-0.4, -0.2) is 34.9 Å². The molecule has 1 aromatic rings. The predicted octanol–water partition coefficient (Wildman–Crippen LogP) is 3.20. The molecule has 1 saturated carbocycles. The van der Waals surface area contributed by atoms with E-state index in [-0.39, 0.29) is 5.91 Å². The second-order valence-corrected chi connectivity index (χ2v) is 7.09. The number of nitrogens with zero attached hydrogens (tertiary/aromatic N) is 2. The van der Waals surface area contributed by atoms with E-state index in [0.717, 1.165) is 43.9 Å². The molecular formula is C15H26N4OS. The highest BCUT2D eigenvalue weighted by Crippen LogP contribution is 2.32. The molecule has 0 saturated heterocycles. The molecule has 0 radical (unpaired) electrons. The van der Waals surface area contributed by atoms with Gasteiger partial charge in [0.1, 0.15) is 10.7 Å². The van der Waals surface area contributed by atoms with Crippen molar-refractivity contribution in [2.45, 2.75) is 52.5 Å². The molecule has 1 fully saturated rings. The highest BCUT2D eigenvalue weighted by molar-refractivity contribution is 7.18. The van der Waals surface area contributed by atoms with Crippen LogP contribution in [0.15, 0.2) is 0 Å². The number of carbonyl (C=O) groups excluding carboxylic acids is 1. The molecule has 3 N–H and O–H groups in total. The fraction of sp³-hybridized carbons (Fsp3) is 0.733. The molecule has 5 nitrogen and oxygen atoms in total. The zero-order valence-corrected chi connectivity index (χ0v) is 14.0. The first-order valence-electron chi connectivity index (χ1n) is 7.84. The van der Waals surface area contributed by atoms with Gasteiger partial charge in [-0.05, 0) is 25.2 Å². The van der Waals surface area contributed by atoms with E-state index >= 15 is 0 Å². The Hall–Kier alpha value is -1.30. The largest absolute Gasteiger partial charge is 0.382 e. The fourth-order valence-electron chi connectivity index (χ4n) is 2.15. The average molecular weight is 310 g/mol. The van der Waals surface area contributed by atoms with Crippen molar-refractivity contribution in [3.8, 4) is 0 Å². The van der Waals surface area contributed by atoms with Crippen molar-refractivity contribution in [1.82, 2.24) is 9.88 Å². The quantitative estimate of drug-likeness (QED) is 0.773. The number of amides is 1. The summed E-state index contributed by atoms with van der Waals surface area (Å²) >= 11 is 1.38. The van der Waals surface area contributed by atoms with Crippen molar-refractivity contribution in [3.63, 3.8) is 0 Å². The standard InChI is InChI=1S/C15H26N4OS/c1-4-5-8-19(11-6-7-11)14(20)12-13(16)18-15(21-12)17-9-10(2)3/h10-11H,4-9,16H2,1-3H3,(H,17,18). The molecule has 21 heavy (non-hydrogen) atoms. The van der Waals surface area contributed by atoms with E-state index in [2.05, 4.69) is 31.1 Å². The van der Waals surface area contributed by atoms with Gasteiger partial charge in [-0.15, -0.1) is 0 Å². The molecule has 1 aromatic heterocycles. The normalized spacial score (nSPS) is 14.5. The van der Waals surface area contributed by atoms with Gasteiger partial charge in [-0.25, -0.2) is 4.98 Å². The Kier molecular flexibility index (Phi) is 5.45. The van der Waals surface area contributed by atoms with E-state index in [0.29, 0.717) is 22.7 Å². The van der Waals surface area contributed by atoms with E-state index < -0.39 is 0 Å². The predicted molar refractivity (Wildman–Crippen MR) is 88.8 cm³/mol. The zero-order chi connectivity index (χ0) is 15.4. The van der Waals surface area contributed by atoms with Crippen molar-refractivity contribution in [2.24, 2.45) is 5.92 Å². The van der Waals surface area contributed by atoms with Crippen LogP contribution in [0, 0.1) is 5.92 Å². The maximum absolute atomic E-state index is 12.7. The first-order valence-corrected chi connectivity index (χ1v) is 8.65. The number of aromatic nitrogens is 1. The summed E-state index contributed by atoms with van der Waals surface area (Å²) in [5.41, 5.74) is 5.95. The Bertz CT molecular complexity index is 482. The van der Waals surface area contributed by atoms with Crippen LogP contribution in [0.5, 0.6) is 0 Å². The molecule has 1 heterocycles. The van der Waals surface area contributed by atoms with Crippen LogP contribution in [-0.2, 0) is 0 Å². The number of thiazole rings is 1. The molecule has 6 heteroatoms. The minimum Gasteiger partial charge on any atom is -0.382 e. The van der Waals surface area contributed by atoms with Gasteiger partial charge in [-0.3, -0.25) is 4.79 Å². The minimum atomic E-state index is 0.0542. The van der Waals surface area contributed by atoms with Gasteiger partial charge < -0.3 is 16.0 Å². The molecule has 1 aliphatic rings.